The van der Waals surface area contributed by atoms with Gasteiger partial charge in [0.2, 0.25) is 0 Å². The van der Waals surface area contributed by atoms with E-state index in [1.165, 1.54) is 0 Å². The maximum atomic E-state index is 12.2. The lowest BCUT2D eigenvalue weighted by atomic mass is 10.2. The summed E-state index contributed by atoms with van der Waals surface area (Å²) in [6.45, 7) is 6.78. The van der Waals surface area contributed by atoms with E-state index in [1.54, 1.807) is 24.3 Å². The number of benzene rings is 1. The monoisotopic (exact) mass is 326 g/mol. The van der Waals surface area contributed by atoms with E-state index >= 15 is 0 Å². The molecule has 1 aliphatic rings. The molecule has 1 heterocycles. The van der Waals surface area contributed by atoms with E-state index in [1.807, 2.05) is 6.92 Å². The van der Waals surface area contributed by atoms with Crippen molar-refractivity contribution in [2.24, 2.45) is 0 Å². The molecule has 1 unspecified atom stereocenters. The highest BCUT2D eigenvalue weighted by Gasteiger charge is 2.18. The molecule has 6 heteroatoms. The van der Waals surface area contributed by atoms with Crippen molar-refractivity contribution in [3.63, 3.8) is 0 Å². The van der Waals surface area contributed by atoms with Gasteiger partial charge < -0.3 is 14.8 Å². The summed E-state index contributed by atoms with van der Waals surface area (Å²) in [6, 6.07) is 7.04. The summed E-state index contributed by atoms with van der Waals surface area (Å²) in [6.07, 6.45) is 0.136. The first-order valence-corrected chi connectivity index (χ1v) is 8.07. The molecule has 122 valence electrons. The largest absolute Gasteiger partial charge is 0.481 e. The van der Waals surface area contributed by atoms with E-state index in [2.05, 4.69) is 10.2 Å². The van der Waals surface area contributed by atoms with Crippen molar-refractivity contribution in [2.45, 2.75) is 19.4 Å². The first kappa shape index (κ1) is 17.1. The van der Waals surface area contributed by atoms with E-state index < -0.39 is 6.10 Å². The number of nitrogens with one attached hydrogen (secondary N) is 1. The third kappa shape index (κ3) is 5.48. The average Bonchev–Trinajstić information content (AvgIpc) is 2.55. The Kier molecular flexibility index (Phi) is 6.96. The van der Waals surface area contributed by atoms with Gasteiger partial charge in [0, 0.05) is 31.2 Å². The van der Waals surface area contributed by atoms with Crippen LogP contribution in [0.3, 0.4) is 0 Å². The molecule has 0 aliphatic carbocycles. The number of carbonyl (C=O) groups is 1. The highest BCUT2D eigenvalue weighted by molar-refractivity contribution is 6.30. The number of halogens is 1. The first-order valence-electron chi connectivity index (χ1n) is 7.69. The Hall–Kier alpha value is -1.30. The first-order chi connectivity index (χ1) is 10.7. The summed E-state index contributed by atoms with van der Waals surface area (Å²) in [7, 11) is 0. The molecule has 1 aromatic rings. The predicted molar refractivity (Wildman–Crippen MR) is 86.4 cm³/mol. The Morgan fingerprint density at radius 2 is 2.05 bits per heavy atom. The standard InChI is InChI=1S/C16H23ClN2O3/c1-2-15(22-14-5-3-13(17)4-6-14)16(20)18-7-8-19-9-11-21-12-10-19/h3-6,15H,2,7-12H2,1H3,(H,18,20). The molecule has 1 aliphatic heterocycles. The van der Waals surface area contributed by atoms with Crippen LogP contribution in [0.2, 0.25) is 5.02 Å². The topological polar surface area (TPSA) is 50.8 Å². The third-order valence-electron chi connectivity index (χ3n) is 3.59. The van der Waals surface area contributed by atoms with Crippen molar-refractivity contribution in [3.05, 3.63) is 29.3 Å². The maximum absolute atomic E-state index is 12.2. The average molecular weight is 327 g/mol. The zero-order chi connectivity index (χ0) is 15.8. The van der Waals surface area contributed by atoms with Gasteiger partial charge in [-0.3, -0.25) is 9.69 Å². The van der Waals surface area contributed by atoms with E-state index in [9.17, 15) is 4.79 Å². The Morgan fingerprint density at radius 3 is 2.68 bits per heavy atom. The van der Waals surface area contributed by atoms with Crippen LogP contribution in [-0.2, 0) is 9.53 Å². The molecule has 1 fully saturated rings. The number of amides is 1. The summed E-state index contributed by atoms with van der Waals surface area (Å²) in [5.41, 5.74) is 0. The van der Waals surface area contributed by atoms with Crippen molar-refractivity contribution in [2.75, 3.05) is 39.4 Å². The number of rotatable bonds is 7. The Labute approximate surface area is 136 Å². The fourth-order valence-electron chi connectivity index (χ4n) is 2.28. The van der Waals surface area contributed by atoms with Crippen LogP contribution in [0.4, 0.5) is 0 Å². The molecule has 0 saturated carbocycles. The van der Waals surface area contributed by atoms with Gasteiger partial charge in [-0.15, -0.1) is 0 Å². The molecule has 22 heavy (non-hydrogen) atoms. The Morgan fingerprint density at radius 1 is 1.36 bits per heavy atom. The van der Waals surface area contributed by atoms with Crippen LogP contribution >= 0.6 is 11.6 Å². The van der Waals surface area contributed by atoms with E-state index in [0.717, 1.165) is 32.8 Å². The summed E-state index contributed by atoms with van der Waals surface area (Å²) in [5, 5.41) is 3.59. The molecule has 1 amide bonds. The number of hydrogen-bond donors (Lipinski definition) is 1. The fourth-order valence-corrected chi connectivity index (χ4v) is 2.40. The van der Waals surface area contributed by atoms with Crippen molar-refractivity contribution >= 4 is 17.5 Å². The van der Waals surface area contributed by atoms with E-state index in [0.29, 0.717) is 23.7 Å². The van der Waals surface area contributed by atoms with Gasteiger partial charge in [0.1, 0.15) is 5.75 Å². The smallest absolute Gasteiger partial charge is 0.261 e. The summed E-state index contributed by atoms with van der Waals surface area (Å²) in [5.74, 6) is 0.574. The second kappa shape index (κ2) is 8.98. The molecule has 1 atom stereocenters. The zero-order valence-electron chi connectivity index (χ0n) is 12.9. The summed E-state index contributed by atoms with van der Waals surface area (Å²) in [4.78, 5) is 14.5. The van der Waals surface area contributed by atoms with Crippen molar-refractivity contribution in [3.8, 4) is 5.75 Å². The van der Waals surface area contributed by atoms with Gasteiger partial charge in [0.25, 0.3) is 5.91 Å². The van der Waals surface area contributed by atoms with Gasteiger partial charge in [-0.25, -0.2) is 0 Å². The van der Waals surface area contributed by atoms with Crippen LogP contribution in [0, 0.1) is 0 Å². The molecule has 1 N–H and O–H groups in total. The van der Waals surface area contributed by atoms with Crippen LogP contribution in [0.25, 0.3) is 0 Å². The van der Waals surface area contributed by atoms with E-state index in [-0.39, 0.29) is 5.91 Å². The number of carbonyl (C=O) groups excluding carboxylic acids is 1. The molecular formula is C16H23ClN2O3. The molecule has 1 saturated heterocycles. The van der Waals surface area contributed by atoms with Gasteiger partial charge >= 0.3 is 0 Å². The quantitative estimate of drug-likeness (QED) is 0.832. The van der Waals surface area contributed by atoms with Crippen LogP contribution in [-0.4, -0.2) is 56.3 Å². The van der Waals surface area contributed by atoms with Gasteiger partial charge in [0.05, 0.1) is 13.2 Å². The molecule has 1 aromatic carbocycles. The molecule has 2 rings (SSSR count). The Bertz CT molecular complexity index is 461. The zero-order valence-corrected chi connectivity index (χ0v) is 13.6. The molecule has 0 bridgehead atoms. The summed E-state index contributed by atoms with van der Waals surface area (Å²) < 4.78 is 11.0. The summed E-state index contributed by atoms with van der Waals surface area (Å²) >= 11 is 5.84. The number of nitrogens with zero attached hydrogens (tertiary/aromatic N) is 1. The molecular weight excluding hydrogens is 304 g/mol. The van der Waals surface area contributed by atoms with Crippen molar-refractivity contribution < 1.29 is 14.3 Å². The Balaban J connectivity index is 1.74. The van der Waals surface area contributed by atoms with Gasteiger partial charge in [0.15, 0.2) is 6.10 Å². The lowest BCUT2D eigenvalue weighted by Gasteiger charge is -2.26. The third-order valence-corrected chi connectivity index (χ3v) is 3.84. The molecule has 0 radical (unpaired) electrons. The lowest BCUT2D eigenvalue weighted by molar-refractivity contribution is -0.128. The molecule has 0 spiro atoms. The highest BCUT2D eigenvalue weighted by atomic mass is 35.5. The van der Waals surface area contributed by atoms with Gasteiger partial charge in [-0.05, 0) is 30.7 Å². The van der Waals surface area contributed by atoms with Crippen LogP contribution < -0.4 is 10.1 Å². The lowest BCUT2D eigenvalue weighted by Crippen LogP contribution is -2.44. The molecule has 5 nitrogen and oxygen atoms in total. The maximum Gasteiger partial charge on any atom is 0.261 e. The second-order valence-electron chi connectivity index (χ2n) is 5.21. The minimum Gasteiger partial charge on any atom is -0.481 e. The van der Waals surface area contributed by atoms with Crippen LogP contribution in [0.1, 0.15) is 13.3 Å². The number of ether oxygens (including phenoxy) is 2. The predicted octanol–water partition coefficient (Wildman–Crippen LogP) is 1.95. The SMILES string of the molecule is CCC(Oc1ccc(Cl)cc1)C(=O)NCCN1CCOCC1. The minimum absolute atomic E-state index is 0.0780. The number of morpholine rings is 1. The number of hydrogen-bond acceptors (Lipinski definition) is 4. The van der Waals surface area contributed by atoms with Gasteiger partial charge in [-0.1, -0.05) is 18.5 Å². The van der Waals surface area contributed by atoms with E-state index in [4.69, 9.17) is 21.1 Å². The van der Waals surface area contributed by atoms with Crippen molar-refractivity contribution in [1.82, 2.24) is 10.2 Å². The highest BCUT2D eigenvalue weighted by Crippen LogP contribution is 2.17. The minimum atomic E-state index is -0.481. The van der Waals surface area contributed by atoms with Crippen LogP contribution in [0.15, 0.2) is 24.3 Å². The van der Waals surface area contributed by atoms with Gasteiger partial charge in [-0.2, -0.15) is 0 Å². The van der Waals surface area contributed by atoms with Crippen molar-refractivity contribution in [1.29, 1.82) is 0 Å². The normalized spacial score (nSPS) is 17.0. The fraction of sp³-hybridized carbons (Fsp3) is 0.562. The van der Waals surface area contributed by atoms with Crippen LogP contribution in [0.5, 0.6) is 5.75 Å². The molecule has 0 aromatic heterocycles. The second-order valence-corrected chi connectivity index (χ2v) is 5.65.